The zero-order chi connectivity index (χ0) is 34.7. The zero-order valence-corrected chi connectivity index (χ0v) is 33.3. The van der Waals surface area contributed by atoms with Crippen molar-refractivity contribution in [2.24, 2.45) is 0 Å². The average Bonchev–Trinajstić information content (AvgIpc) is 2.99. The first-order chi connectivity index (χ1) is 21.4. The van der Waals surface area contributed by atoms with Crippen LogP contribution in [0.15, 0.2) is 0 Å². The van der Waals surface area contributed by atoms with Gasteiger partial charge in [0.2, 0.25) is 0 Å². The van der Waals surface area contributed by atoms with Gasteiger partial charge in [-0.25, -0.2) is 0 Å². The Morgan fingerprint density at radius 1 is 0.326 bits per heavy atom. The van der Waals surface area contributed by atoms with Crippen LogP contribution in [0, 0.1) is 0 Å². The van der Waals surface area contributed by atoms with E-state index in [9.17, 15) is 28.4 Å². The molecule has 12 nitrogen and oxygen atoms in total. The third-order valence-corrected chi connectivity index (χ3v) is 8.98. The Morgan fingerprint density at radius 3 is 0.565 bits per heavy atom. The van der Waals surface area contributed by atoms with Gasteiger partial charge in [-0.3, -0.25) is 13.7 Å². The SMILES string of the molecule is CCCCCOP(=O)([O-])OCCCCC.CCCCCOP(=O)([O-])OCCCCC.CCCCCOP(=O)([O-])OCCCCC.[Co+3]. The van der Waals surface area contributed by atoms with Gasteiger partial charge in [-0.15, -0.1) is 0 Å². The Kier molecular flexibility index (Phi) is 45.0. The normalized spacial score (nSPS) is 11.7. The number of rotatable bonds is 30. The standard InChI is InChI=1S/3C10H23O4P.Co/c3*1-3-5-7-9-13-15(11,12)14-10-8-6-4-2;/h3*3-10H2,1-2H3,(H,11,12);/q;;;+3/p-3. The summed E-state index contributed by atoms with van der Waals surface area (Å²) < 4.78 is 61.6. The Labute approximate surface area is 291 Å². The van der Waals surface area contributed by atoms with E-state index in [0.717, 1.165) is 116 Å². The molecule has 0 saturated carbocycles. The van der Waals surface area contributed by atoms with Crippen LogP contribution in [0.4, 0.5) is 0 Å². The molecule has 0 aliphatic heterocycles. The summed E-state index contributed by atoms with van der Waals surface area (Å²) in [5, 5.41) is 0. The minimum Gasteiger partial charge on any atom is -0.756 e. The van der Waals surface area contributed by atoms with Gasteiger partial charge < -0.3 is 41.8 Å². The number of unbranched alkanes of at least 4 members (excludes halogenated alkanes) is 12. The predicted octanol–water partition coefficient (Wildman–Crippen LogP) is 8.60. The predicted molar refractivity (Wildman–Crippen MR) is 176 cm³/mol. The third-order valence-electron chi connectivity index (χ3n) is 5.98. The van der Waals surface area contributed by atoms with Gasteiger partial charge in [-0.1, -0.05) is 119 Å². The van der Waals surface area contributed by atoms with Crippen molar-refractivity contribution >= 4 is 23.5 Å². The van der Waals surface area contributed by atoms with E-state index in [-0.39, 0.29) is 56.4 Å². The first-order valence-electron chi connectivity index (χ1n) is 17.2. The molecule has 0 N–H and O–H groups in total. The molecule has 0 unspecified atom stereocenters. The molecular weight excluding hydrogens is 704 g/mol. The van der Waals surface area contributed by atoms with Crippen molar-refractivity contribution in [2.45, 2.75) is 157 Å². The van der Waals surface area contributed by atoms with Crippen molar-refractivity contribution < 1.29 is 72.3 Å². The maximum atomic E-state index is 11.1. The quantitative estimate of drug-likeness (QED) is 0.0503. The van der Waals surface area contributed by atoms with Crippen LogP contribution in [0.25, 0.3) is 0 Å². The van der Waals surface area contributed by atoms with Gasteiger partial charge in [0, 0.05) is 0 Å². The molecule has 0 atom stereocenters. The molecular formula is C30H66CoO12P3. The van der Waals surface area contributed by atoms with E-state index in [1.807, 2.05) is 0 Å². The van der Waals surface area contributed by atoms with Crippen LogP contribution >= 0.6 is 23.5 Å². The van der Waals surface area contributed by atoms with Crippen molar-refractivity contribution in [2.75, 3.05) is 39.6 Å². The first-order valence-corrected chi connectivity index (χ1v) is 21.5. The van der Waals surface area contributed by atoms with Crippen molar-refractivity contribution in [3.63, 3.8) is 0 Å². The number of phosphoric acid groups is 3. The zero-order valence-electron chi connectivity index (χ0n) is 29.5. The molecule has 0 bridgehead atoms. The molecule has 0 saturated heterocycles. The van der Waals surface area contributed by atoms with Crippen LogP contribution < -0.4 is 14.7 Å². The number of phosphoric ester groups is 3. The van der Waals surface area contributed by atoms with Gasteiger partial charge in [-0.2, -0.15) is 0 Å². The van der Waals surface area contributed by atoms with E-state index in [0.29, 0.717) is 0 Å². The summed E-state index contributed by atoms with van der Waals surface area (Å²) >= 11 is 0. The van der Waals surface area contributed by atoms with E-state index in [2.05, 4.69) is 68.7 Å². The number of hydrogen-bond donors (Lipinski definition) is 0. The molecule has 46 heavy (non-hydrogen) atoms. The Balaban J connectivity index is -0.000000285. The largest absolute Gasteiger partial charge is 3.00 e. The molecule has 282 valence electrons. The molecule has 0 aromatic carbocycles. The van der Waals surface area contributed by atoms with Crippen LogP contribution in [0.2, 0.25) is 0 Å². The summed E-state index contributed by atoms with van der Waals surface area (Å²) in [5.74, 6) is 0. The average molecular weight is 771 g/mol. The summed E-state index contributed by atoms with van der Waals surface area (Å²) in [6.45, 7) is 13.8. The minimum absolute atomic E-state index is 0. The van der Waals surface area contributed by atoms with Gasteiger partial charge in [-0.05, 0) is 38.5 Å². The van der Waals surface area contributed by atoms with Crippen LogP contribution in [0.5, 0.6) is 0 Å². The van der Waals surface area contributed by atoms with Gasteiger partial charge in [0.1, 0.15) is 0 Å². The Bertz CT molecular complexity index is 607. The van der Waals surface area contributed by atoms with Crippen molar-refractivity contribution in [1.29, 1.82) is 0 Å². The molecule has 0 radical (unpaired) electrons. The molecule has 0 spiro atoms. The van der Waals surface area contributed by atoms with Crippen LogP contribution in [-0.4, -0.2) is 39.6 Å². The maximum absolute atomic E-state index is 11.1. The molecule has 0 heterocycles. The van der Waals surface area contributed by atoms with Crippen LogP contribution in [0.3, 0.4) is 0 Å². The fourth-order valence-corrected chi connectivity index (χ4v) is 5.62. The summed E-state index contributed by atoms with van der Waals surface area (Å²) in [5.41, 5.74) is 0. The number of hydrogen-bond acceptors (Lipinski definition) is 12. The van der Waals surface area contributed by atoms with Crippen LogP contribution in [0.1, 0.15) is 157 Å². The van der Waals surface area contributed by atoms with Crippen molar-refractivity contribution in [3.8, 4) is 0 Å². The van der Waals surface area contributed by atoms with E-state index < -0.39 is 23.5 Å². The molecule has 0 fully saturated rings. The second-order valence-corrected chi connectivity index (χ2v) is 14.8. The first kappa shape index (κ1) is 53.6. The molecule has 0 aliphatic carbocycles. The monoisotopic (exact) mass is 770 g/mol. The summed E-state index contributed by atoms with van der Waals surface area (Å²) in [6, 6.07) is 0. The minimum atomic E-state index is -4.02. The maximum Gasteiger partial charge on any atom is 3.00 e. The molecule has 0 amide bonds. The van der Waals surface area contributed by atoms with E-state index in [1.54, 1.807) is 0 Å². The Morgan fingerprint density at radius 2 is 0.457 bits per heavy atom. The van der Waals surface area contributed by atoms with Gasteiger partial charge in [0.15, 0.2) is 0 Å². The molecule has 0 aromatic rings. The smallest absolute Gasteiger partial charge is 0.756 e. The van der Waals surface area contributed by atoms with Gasteiger partial charge >= 0.3 is 16.8 Å². The van der Waals surface area contributed by atoms with Crippen molar-refractivity contribution in [1.82, 2.24) is 0 Å². The van der Waals surface area contributed by atoms with Crippen LogP contribution in [-0.2, 0) is 57.6 Å². The third kappa shape index (κ3) is 47.0. The summed E-state index contributed by atoms with van der Waals surface area (Å²) in [6.07, 6.45) is 16.8. The molecule has 0 rings (SSSR count). The summed E-state index contributed by atoms with van der Waals surface area (Å²) in [4.78, 5) is 33.4. The molecule has 0 aromatic heterocycles. The van der Waals surface area contributed by atoms with Gasteiger partial charge in [0.05, 0.1) is 39.6 Å². The van der Waals surface area contributed by atoms with E-state index >= 15 is 0 Å². The molecule has 16 heteroatoms. The van der Waals surface area contributed by atoms with Gasteiger partial charge in [0.25, 0.3) is 23.5 Å². The second kappa shape index (κ2) is 38.6. The fraction of sp³-hybridized carbons (Fsp3) is 1.00. The van der Waals surface area contributed by atoms with E-state index in [1.165, 1.54) is 0 Å². The summed E-state index contributed by atoms with van der Waals surface area (Å²) in [7, 11) is -12.1. The molecule has 0 aliphatic rings. The van der Waals surface area contributed by atoms with E-state index in [4.69, 9.17) is 0 Å². The topological polar surface area (TPSA) is 176 Å². The second-order valence-electron chi connectivity index (χ2n) is 10.6. The Hall–Kier alpha value is 0.836. The van der Waals surface area contributed by atoms with Crippen molar-refractivity contribution in [3.05, 3.63) is 0 Å². The fourth-order valence-electron chi connectivity index (χ4n) is 3.28.